The molecule has 1 heterocycles. The summed E-state index contributed by atoms with van der Waals surface area (Å²) in [7, 11) is -3.59. The van der Waals surface area contributed by atoms with Gasteiger partial charge >= 0.3 is 10.0 Å². The van der Waals surface area contributed by atoms with E-state index < -0.39 is 10.0 Å². The summed E-state index contributed by atoms with van der Waals surface area (Å²) in [6, 6.07) is 11.4. The zero-order valence-corrected chi connectivity index (χ0v) is 12.5. The second kappa shape index (κ2) is 6.58. The Bertz CT molecular complexity index is 672. The molecule has 3 N–H and O–H groups in total. The molecular formula is C13H16ClN3O2S. The van der Waals surface area contributed by atoms with Gasteiger partial charge in [-0.15, -0.1) is 0 Å². The van der Waals surface area contributed by atoms with Crippen molar-refractivity contribution in [1.29, 1.82) is 0 Å². The summed E-state index contributed by atoms with van der Waals surface area (Å²) in [5.74, 6) is 0.529. The van der Waals surface area contributed by atoms with Crippen LogP contribution in [0.1, 0.15) is 6.92 Å². The fourth-order valence-corrected chi connectivity index (χ4v) is 2.76. The van der Waals surface area contributed by atoms with E-state index in [9.17, 15) is 8.42 Å². The average Bonchev–Trinajstić information content (AvgIpc) is 2.39. The molecule has 0 radical (unpaired) electrons. The van der Waals surface area contributed by atoms with Gasteiger partial charge in [-0.3, -0.25) is 0 Å². The average molecular weight is 314 g/mol. The Hall–Kier alpha value is -1.79. The molecule has 0 saturated carbocycles. The van der Waals surface area contributed by atoms with Crippen LogP contribution < -0.4 is 27.4 Å². The first-order valence-corrected chi connectivity index (χ1v) is 7.38. The topological polar surface area (TPSA) is 76.1 Å². The van der Waals surface area contributed by atoms with Crippen LogP contribution in [0, 0.1) is 0 Å². The third-order valence-corrected chi connectivity index (χ3v) is 4.08. The summed E-state index contributed by atoms with van der Waals surface area (Å²) in [6.45, 7) is 2.63. The molecule has 108 valence electrons. The van der Waals surface area contributed by atoms with E-state index in [4.69, 9.17) is 5.73 Å². The summed E-state index contributed by atoms with van der Waals surface area (Å²) >= 11 is 0. The molecule has 5 nitrogen and oxygen atoms in total. The third kappa shape index (κ3) is 3.61. The first-order chi connectivity index (χ1) is 9.03. The van der Waals surface area contributed by atoms with E-state index in [0.717, 1.165) is 0 Å². The highest BCUT2D eigenvalue weighted by Gasteiger charge is 2.21. The summed E-state index contributed by atoms with van der Waals surface area (Å²) in [5, 5.41) is 0. The van der Waals surface area contributed by atoms with E-state index in [1.54, 1.807) is 24.3 Å². The summed E-state index contributed by atoms with van der Waals surface area (Å²) in [6.07, 6.45) is 1.82. The van der Waals surface area contributed by atoms with Gasteiger partial charge in [0.2, 0.25) is 0 Å². The van der Waals surface area contributed by atoms with Gasteiger partial charge in [-0.05, 0) is 37.3 Å². The maximum absolute atomic E-state index is 12.2. The van der Waals surface area contributed by atoms with Crippen LogP contribution >= 0.6 is 0 Å². The normalized spacial score (nSPS) is 10.7. The zero-order chi connectivity index (χ0) is 13.9. The number of halogens is 1. The highest BCUT2D eigenvalue weighted by molar-refractivity contribution is 7.92. The van der Waals surface area contributed by atoms with E-state index in [1.165, 1.54) is 12.1 Å². The predicted molar refractivity (Wildman–Crippen MR) is 74.0 cm³/mol. The summed E-state index contributed by atoms with van der Waals surface area (Å²) in [4.78, 5) is 0.188. The van der Waals surface area contributed by atoms with Gasteiger partial charge in [0, 0.05) is 11.8 Å². The summed E-state index contributed by atoms with van der Waals surface area (Å²) < 4.78 is 28.8. The van der Waals surface area contributed by atoms with Gasteiger partial charge < -0.3 is 18.1 Å². The molecular weight excluding hydrogens is 298 g/mol. The Morgan fingerprint density at radius 2 is 1.80 bits per heavy atom. The van der Waals surface area contributed by atoms with E-state index in [0.29, 0.717) is 18.1 Å². The number of hydrogen-bond acceptors (Lipinski definition) is 3. The van der Waals surface area contributed by atoms with Gasteiger partial charge in [0.25, 0.3) is 5.82 Å². The fourth-order valence-electron chi connectivity index (χ4n) is 1.69. The number of benzene rings is 1. The van der Waals surface area contributed by atoms with Crippen molar-refractivity contribution in [3.05, 3.63) is 48.7 Å². The molecule has 0 amide bonds. The van der Waals surface area contributed by atoms with Crippen LogP contribution in [0.3, 0.4) is 0 Å². The van der Waals surface area contributed by atoms with Crippen molar-refractivity contribution in [2.24, 2.45) is 0 Å². The lowest BCUT2D eigenvalue weighted by Gasteiger charge is -2.05. The molecule has 1 aromatic heterocycles. The van der Waals surface area contributed by atoms with Gasteiger partial charge in [0.05, 0.1) is 12.7 Å². The molecule has 0 aliphatic carbocycles. The standard InChI is InChI=1S/C13H15N3O2S.ClH/c1-2-16-10-4-3-5-13(16)15-19(17,18)12-8-6-11(14)7-9-12;/h3-10H,2,14H2,1H3;1H. The number of sulfonamides is 1. The van der Waals surface area contributed by atoms with Gasteiger partial charge in [-0.1, -0.05) is 6.07 Å². The molecule has 20 heavy (non-hydrogen) atoms. The number of nitrogens with two attached hydrogens (primary N) is 1. The maximum atomic E-state index is 12.2. The second-order valence-corrected chi connectivity index (χ2v) is 5.73. The van der Waals surface area contributed by atoms with Gasteiger partial charge in [-0.25, -0.2) is 4.57 Å². The SMILES string of the molecule is CC[n+]1ccccc1NS(=O)(=O)c1ccc(N)cc1.[Cl-]. The quantitative estimate of drug-likeness (QED) is 0.526. The predicted octanol–water partition coefficient (Wildman–Crippen LogP) is -1.62. The molecule has 0 atom stereocenters. The lowest BCUT2D eigenvalue weighted by Crippen LogP contribution is -3.00. The Balaban J connectivity index is 0.00000200. The number of aryl methyl sites for hydroxylation is 1. The van der Waals surface area contributed by atoms with Crippen molar-refractivity contribution in [3.63, 3.8) is 0 Å². The first kappa shape index (κ1) is 16.3. The summed E-state index contributed by atoms with van der Waals surface area (Å²) in [5.41, 5.74) is 6.08. The zero-order valence-electron chi connectivity index (χ0n) is 11.0. The van der Waals surface area contributed by atoms with Crippen molar-refractivity contribution in [2.45, 2.75) is 18.4 Å². The molecule has 0 fully saturated rings. The molecule has 0 unspecified atom stereocenters. The van der Waals surface area contributed by atoms with Crippen LogP contribution in [-0.4, -0.2) is 8.42 Å². The van der Waals surface area contributed by atoms with E-state index in [-0.39, 0.29) is 17.3 Å². The molecule has 7 heteroatoms. The Kier molecular flexibility index (Phi) is 5.35. The van der Waals surface area contributed by atoms with Gasteiger partial charge in [-0.2, -0.15) is 13.1 Å². The Morgan fingerprint density at radius 1 is 1.15 bits per heavy atom. The van der Waals surface area contributed by atoms with E-state index in [2.05, 4.69) is 4.72 Å². The number of pyridine rings is 1. The lowest BCUT2D eigenvalue weighted by atomic mass is 10.3. The highest BCUT2D eigenvalue weighted by atomic mass is 35.5. The van der Waals surface area contributed by atoms with E-state index >= 15 is 0 Å². The van der Waals surface area contributed by atoms with Crippen LogP contribution in [0.15, 0.2) is 53.6 Å². The Morgan fingerprint density at radius 3 is 2.40 bits per heavy atom. The second-order valence-electron chi connectivity index (χ2n) is 4.05. The van der Waals surface area contributed by atoms with Crippen molar-refractivity contribution in [3.8, 4) is 0 Å². The molecule has 0 bridgehead atoms. The maximum Gasteiger partial charge on any atom is 0.328 e. The minimum absolute atomic E-state index is 0. The molecule has 1 aromatic carbocycles. The van der Waals surface area contributed by atoms with Crippen LogP contribution in [-0.2, 0) is 16.6 Å². The molecule has 2 aromatic rings. The van der Waals surface area contributed by atoms with Crippen molar-refractivity contribution in [1.82, 2.24) is 0 Å². The smallest absolute Gasteiger partial charge is 0.328 e. The molecule has 0 saturated heterocycles. The van der Waals surface area contributed by atoms with Crippen molar-refractivity contribution >= 4 is 21.5 Å². The molecule has 0 aliphatic heterocycles. The van der Waals surface area contributed by atoms with Crippen LogP contribution in [0.25, 0.3) is 0 Å². The lowest BCUT2D eigenvalue weighted by molar-refractivity contribution is -0.679. The van der Waals surface area contributed by atoms with Crippen molar-refractivity contribution in [2.75, 3.05) is 10.5 Å². The highest BCUT2D eigenvalue weighted by Crippen LogP contribution is 2.14. The number of nitrogens with zero attached hydrogens (tertiary/aromatic N) is 1. The number of nitrogen functional groups attached to an aromatic ring is 1. The van der Waals surface area contributed by atoms with Crippen LogP contribution in [0.4, 0.5) is 11.5 Å². The number of anilines is 2. The number of nitrogens with one attached hydrogen (secondary N) is 1. The van der Waals surface area contributed by atoms with Gasteiger partial charge in [0.1, 0.15) is 4.90 Å². The largest absolute Gasteiger partial charge is 1.00 e. The van der Waals surface area contributed by atoms with E-state index in [1.807, 2.05) is 23.8 Å². The fraction of sp³-hybridized carbons (Fsp3) is 0.154. The number of hydrogen-bond donors (Lipinski definition) is 2. The number of aromatic nitrogens is 1. The number of rotatable bonds is 4. The van der Waals surface area contributed by atoms with Crippen LogP contribution in [0.2, 0.25) is 0 Å². The Labute approximate surface area is 124 Å². The molecule has 0 spiro atoms. The van der Waals surface area contributed by atoms with Crippen molar-refractivity contribution < 1.29 is 25.4 Å². The van der Waals surface area contributed by atoms with Gasteiger partial charge in [0.15, 0.2) is 0 Å². The monoisotopic (exact) mass is 313 g/mol. The first-order valence-electron chi connectivity index (χ1n) is 5.90. The minimum Gasteiger partial charge on any atom is -1.00 e. The molecule has 0 aliphatic rings. The van der Waals surface area contributed by atoms with Crippen LogP contribution in [0.5, 0.6) is 0 Å². The third-order valence-electron chi connectivity index (χ3n) is 2.71. The minimum atomic E-state index is -3.59. The molecule has 2 rings (SSSR count).